The summed E-state index contributed by atoms with van der Waals surface area (Å²) in [6, 6.07) is 0.359. The Morgan fingerprint density at radius 2 is 2.22 bits per heavy atom. The number of aliphatic hydroxyl groups is 1. The van der Waals surface area contributed by atoms with E-state index in [9.17, 15) is 4.79 Å². The lowest BCUT2D eigenvalue weighted by Crippen LogP contribution is -2.32. The molecule has 0 bridgehead atoms. The largest absolute Gasteiger partial charge is 0.476 e. The Balaban J connectivity index is 1.98. The minimum atomic E-state index is -1.08. The van der Waals surface area contributed by atoms with Crippen LogP contribution in [0.3, 0.4) is 0 Å². The highest BCUT2D eigenvalue weighted by molar-refractivity contribution is 5.85. The fourth-order valence-electron chi connectivity index (χ4n) is 2.03. The van der Waals surface area contributed by atoms with Gasteiger partial charge in [-0.3, -0.25) is 4.90 Å². The summed E-state index contributed by atoms with van der Waals surface area (Å²) >= 11 is 0. The summed E-state index contributed by atoms with van der Waals surface area (Å²) in [6.45, 7) is 4.05. The number of hydrogen-bond donors (Lipinski definition) is 2. The third kappa shape index (κ3) is 2.99. The maximum Gasteiger partial charge on any atom is 0.357 e. The molecule has 7 nitrogen and oxygen atoms in total. The first-order chi connectivity index (χ1) is 8.70. The molecule has 2 heterocycles. The molecule has 1 aromatic rings. The third-order valence-corrected chi connectivity index (χ3v) is 2.99. The summed E-state index contributed by atoms with van der Waals surface area (Å²) in [5.41, 5.74) is -0.0681. The normalized spacial score (nSPS) is 17.7. The van der Waals surface area contributed by atoms with E-state index in [1.54, 1.807) is 0 Å². The van der Waals surface area contributed by atoms with Crippen molar-refractivity contribution in [1.82, 2.24) is 9.88 Å². The van der Waals surface area contributed by atoms with Crippen LogP contribution in [0.1, 0.15) is 16.9 Å². The molecule has 0 aromatic carbocycles. The lowest BCUT2D eigenvalue weighted by atomic mass is 10.4. The third-order valence-electron chi connectivity index (χ3n) is 2.99. The molecular formula is C11H17N3O4. The number of anilines is 1. The van der Waals surface area contributed by atoms with Crippen LogP contribution in [0, 0.1) is 0 Å². The fourth-order valence-corrected chi connectivity index (χ4v) is 2.03. The number of carboxylic acid groups (broad SMARTS) is 1. The molecular weight excluding hydrogens is 238 g/mol. The van der Waals surface area contributed by atoms with Crippen molar-refractivity contribution in [3.8, 4) is 0 Å². The highest BCUT2D eigenvalue weighted by Gasteiger charge is 2.19. The average Bonchev–Trinajstić information content (AvgIpc) is 2.72. The van der Waals surface area contributed by atoms with Gasteiger partial charge < -0.3 is 19.5 Å². The van der Waals surface area contributed by atoms with E-state index in [4.69, 9.17) is 14.6 Å². The molecule has 0 spiro atoms. The van der Waals surface area contributed by atoms with E-state index in [1.807, 2.05) is 4.90 Å². The lowest BCUT2D eigenvalue weighted by molar-refractivity contribution is 0.0690. The average molecular weight is 255 g/mol. The lowest BCUT2D eigenvalue weighted by Gasteiger charge is -2.19. The van der Waals surface area contributed by atoms with Gasteiger partial charge in [0, 0.05) is 26.2 Å². The minimum Gasteiger partial charge on any atom is -0.476 e. The van der Waals surface area contributed by atoms with Gasteiger partial charge in [-0.1, -0.05) is 0 Å². The Labute approximate surface area is 105 Å². The molecule has 0 unspecified atom stereocenters. The number of aromatic nitrogens is 1. The first kappa shape index (κ1) is 12.8. The smallest absolute Gasteiger partial charge is 0.357 e. The van der Waals surface area contributed by atoms with Crippen molar-refractivity contribution in [3.63, 3.8) is 0 Å². The molecule has 0 atom stereocenters. The topological polar surface area (TPSA) is 90.0 Å². The van der Waals surface area contributed by atoms with Crippen LogP contribution >= 0.6 is 0 Å². The number of aliphatic hydroxyl groups excluding tert-OH is 1. The van der Waals surface area contributed by atoms with Crippen LogP contribution in [-0.4, -0.2) is 65.4 Å². The van der Waals surface area contributed by atoms with Crippen LogP contribution in [-0.2, 0) is 0 Å². The van der Waals surface area contributed by atoms with Gasteiger partial charge in [-0.05, 0) is 13.0 Å². The van der Waals surface area contributed by atoms with Crippen LogP contribution in [0.25, 0.3) is 0 Å². The zero-order valence-electron chi connectivity index (χ0n) is 10.1. The van der Waals surface area contributed by atoms with Crippen LogP contribution in [0.5, 0.6) is 0 Å². The van der Waals surface area contributed by atoms with Crippen molar-refractivity contribution in [2.45, 2.75) is 6.42 Å². The molecule has 0 radical (unpaired) electrons. The highest BCUT2D eigenvalue weighted by atomic mass is 16.4. The number of hydrogen-bond acceptors (Lipinski definition) is 6. The van der Waals surface area contributed by atoms with Crippen LogP contribution < -0.4 is 4.90 Å². The highest BCUT2D eigenvalue weighted by Crippen LogP contribution is 2.16. The molecule has 100 valence electrons. The molecule has 18 heavy (non-hydrogen) atoms. The number of carbonyl (C=O) groups is 1. The Kier molecular flexibility index (Phi) is 4.16. The second kappa shape index (κ2) is 5.83. The van der Waals surface area contributed by atoms with Gasteiger partial charge in [0.2, 0.25) is 0 Å². The number of oxazole rings is 1. The van der Waals surface area contributed by atoms with Crippen molar-refractivity contribution >= 4 is 12.0 Å². The Morgan fingerprint density at radius 3 is 2.89 bits per heavy atom. The first-order valence-corrected chi connectivity index (χ1v) is 5.97. The number of nitrogens with zero attached hydrogens (tertiary/aromatic N) is 3. The fraction of sp³-hybridized carbons (Fsp3) is 0.636. The monoisotopic (exact) mass is 255 g/mol. The Hall–Kier alpha value is -1.60. The number of rotatable bonds is 4. The second-order valence-corrected chi connectivity index (χ2v) is 4.23. The second-order valence-electron chi connectivity index (χ2n) is 4.23. The molecule has 7 heteroatoms. The molecule has 1 fully saturated rings. The molecule has 1 aromatic heterocycles. The summed E-state index contributed by atoms with van der Waals surface area (Å²) in [6.07, 6.45) is 2.10. The van der Waals surface area contributed by atoms with E-state index in [0.717, 1.165) is 38.9 Å². The SMILES string of the molecule is O=C(O)c1coc(N2CCCN(CCO)CC2)n1. The van der Waals surface area contributed by atoms with Crippen molar-refractivity contribution in [3.05, 3.63) is 12.0 Å². The molecule has 1 aliphatic rings. The van der Waals surface area contributed by atoms with Gasteiger partial charge in [0.25, 0.3) is 6.01 Å². The van der Waals surface area contributed by atoms with Gasteiger partial charge >= 0.3 is 5.97 Å². The van der Waals surface area contributed by atoms with E-state index in [2.05, 4.69) is 9.88 Å². The summed E-state index contributed by atoms with van der Waals surface area (Å²) in [4.78, 5) is 18.8. The van der Waals surface area contributed by atoms with E-state index in [-0.39, 0.29) is 12.3 Å². The molecule has 0 aliphatic carbocycles. The van der Waals surface area contributed by atoms with Gasteiger partial charge in [-0.15, -0.1) is 0 Å². The Bertz CT molecular complexity index is 407. The summed E-state index contributed by atoms with van der Waals surface area (Å²) in [5.74, 6) is -1.08. The van der Waals surface area contributed by atoms with Gasteiger partial charge in [0.15, 0.2) is 5.69 Å². The predicted molar refractivity (Wildman–Crippen MR) is 63.8 cm³/mol. The summed E-state index contributed by atoms with van der Waals surface area (Å²) in [5, 5.41) is 17.7. The standard InChI is InChI=1S/C11H17N3O4/c15-7-6-13-2-1-3-14(5-4-13)11-12-9(8-18-11)10(16)17/h8,15H,1-7H2,(H,16,17). The summed E-state index contributed by atoms with van der Waals surface area (Å²) < 4.78 is 5.18. The van der Waals surface area contributed by atoms with Crippen LogP contribution in [0.15, 0.2) is 10.7 Å². The summed E-state index contributed by atoms with van der Waals surface area (Å²) in [7, 11) is 0. The van der Waals surface area contributed by atoms with Crippen molar-refractivity contribution in [1.29, 1.82) is 0 Å². The molecule has 2 rings (SSSR count). The van der Waals surface area contributed by atoms with Crippen LogP contribution in [0.4, 0.5) is 6.01 Å². The molecule has 2 N–H and O–H groups in total. The Morgan fingerprint density at radius 1 is 1.39 bits per heavy atom. The van der Waals surface area contributed by atoms with Crippen molar-refractivity contribution in [2.75, 3.05) is 44.2 Å². The van der Waals surface area contributed by atoms with Gasteiger partial charge in [0.1, 0.15) is 6.26 Å². The van der Waals surface area contributed by atoms with E-state index < -0.39 is 5.97 Å². The quantitative estimate of drug-likeness (QED) is 0.775. The molecule has 1 saturated heterocycles. The number of carboxylic acids is 1. The number of β-amino-alcohol motifs (C(OH)–C–C–N with tert-alkyl or cyclic N) is 1. The zero-order chi connectivity index (χ0) is 13.0. The molecule has 1 aliphatic heterocycles. The maximum absolute atomic E-state index is 10.7. The maximum atomic E-state index is 10.7. The van der Waals surface area contributed by atoms with Crippen LogP contribution in [0.2, 0.25) is 0 Å². The number of aromatic carboxylic acids is 1. The van der Waals surface area contributed by atoms with Crippen molar-refractivity contribution in [2.24, 2.45) is 0 Å². The molecule has 0 saturated carbocycles. The van der Waals surface area contributed by atoms with Gasteiger partial charge in [-0.25, -0.2) is 4.79 Å². The first-order valence-electron chi connectivity index (χ1n) is 5.97. The van der Waals surface area contributed by atoms with E-state index in [1.165, 1.54) is 0 Å². The minimum absolute atomic E-state index is 0.0681. The molecule has 0 amide bonds. The van der Waals surface area contributed by atoms with Crippen molar-refractivity contribution < 1.29 is 19.4 Å². The van der Waals surface area contributed by atoms with Gasteiger partial charge in [-0.2, -0.15) is 4.98 Å². The van der Waals surface area contributed by atoms with E-state index in [0.29, 0.717) is 12.6 Å². The van der Waals surface area contributed by atoms with Gasteiger partial charge in [0.05, 0.1) is 6.61 Å². The zero-order valence-corrected chi connectivity index (χ0v) is 10.1. The van der Waals surface area contributed by atoms with E-state index >= 15 is 0 Å². The predicted octanol–water partition coefficient (Wildman–Crippen LogP) is -0.123.